The van der Waals surface area contributed by atoms with Crippen molar-refractivity contribution in [3.05, 3.63) is 0 Å². The minimum atomic E-state index is 0.436. The van der Waals surface area contributed by atoms with Gasteiger partial charge in [-0.3, -0.25) is 0 Å². The van der Waals surface area contributed by atoms with Gasteiger partial charge in [0.25, 0.3) is 0 Å². The van der Waals surface area contributed by atoms with Gasteiger partial charge in [0.1, 0.15) is 0 Å². The summed E-state index contributed by atoms with van der Waals surface area (Å²) in [5.41, 5.74) is 12.5. The molecule has 0 aromatic carbocycles. The normalized spacial score (nSPS) is 46.6. The number of unbranched alkanes of at least 4 members (excludes halogenated alkanes) is 1. The van der Waals surface area contributed by atoms with Crippen molar-refractivity contribution in [2.24, 2.45) is 47.0 Å². The molecule has 0 aromatic rings. The first-order valence-corrected chi connectivity index (χ1v) is 9.89. The highest BCUT2D eigenvalue weighted by Crippen LogP contribution is 2.37. The van der Waals surface area contributed by atoms with Gasteiger partial charge in [-0.25, -0.2) is 0 Å². The summed E-state index contributed by atoms with van der Waals surface area (Å²) >= 11 is 0. The average molecular weight is 309 g/mol. The molecule has 0 bridgehead atoms. The lowest BCUT2D eigenvalue weighted by molar-refractivity contribution is 0.163. The minimum absolute atomic E-state index is 0.436. The summed E-state index contributed by atoms with van der Waals surface area (Å²) in [6.45, 7) is 9.39. The molecule has 130 valence electrons. The lowest BCUT2D eigenvalue weighted by Crippen LogP contribution is -2.41. The Labute approximate surface area is 138 Å². The lowest BCUT2D eigenvalue weighted by atomic mass is 9.71. The van der Waals surface area contributed by atoms with Crippen molar-refractivity contribution in [2.75, 3.05) is 0 Å². The Balaban J connectivity index is 1.63. The molecule has 2 aliphatic carbocycles. The van der Waals surface area contributed by atoms with Crippen LogP contribution in [0.1, 0.15) is 79.1 Å². The summed E-state index contributed by atoms with van der Waals surface area (Å²) in [7, 11) is 0. The van der Waals surface area contributed by atoms with Gasteiger partial charge in [0.15, 0.2) is 0 Å². The molecule has 0 heterocycles. The van der Waals surface area contributed by atoms with E-state index in [1.54, 1.807) is 0 Å². The van der Waals surface area contributed by atoms with E-state index in [0.717, 1.165) is 35.5 Å². The molecule has 0 amide bonds. The van der Waals surface area contributed by atoms with Crippen molar-refractivity contribution >= 4 is 0 Å². The van der Waals surface area contributed by atoms with Gasteiger partial charge >= 0.3 is 0 Å². The van der Waals surface area contributed by atoms with Gasteiger partial charge in [0.05, 0.1) is 0 Å². The summed E-state index contributed by atoms with van der Waals surface area (Å²) in [6.07, 6.45) is 11.1. The van der Waals surface area contributed by atoms with Crippen LogP contribution >= 0.6 is 0 Å². The van der Waals surface area contributed by atoms with Crippen LogP contribution in [0.2, 0.25) is 0 Å². The Hall–Kier alpha value is -0.0800. The van der Waals surface area contributed by atoms with E-state index in [1.165, 1.54) is 51.4 Å². The SMILES string of the molecule is CC1CC(CCCCC2CC(C)C(N)C(C)C2)CC(C)C1N. The smallest absolute Gasteiger partial charge is 0.00905 e. The predicted octanol–water partition coefficient (Wildman–Crippen LogP) is 4.57. The van der Waals surface area contributed by atoms with E-state index in [-0.39, 0.29) is 0 Å². The van der Waals surface area contributed by atoms with Crippen LogP contribution in [-0.4, -0.2) is 12.1 Å². The van der Waals surface area contributed by atoms with Crippen LogP contribution in [-0.2, 0) is 0 Å². The van der Waals surface area contributed by atoms with E-state index >= 15 is 0 Å². The molecule has 2 fully saturated rings. The standard InChI is InChI=1S/C20H40N2/c1-13-9-17(10-14(2)19(13)21)7-5-6-8-18-11-15(3)20(22)16(4)12-18/h13-20H,5-12,21-22H2,1-4H3. The van der Waals surface area contributed by atoms with Gasteiger partial charge in [-0.1, -0.05) is 53.4 Å². The second kappa shape index (κ2) is 8.15. The summed E-state index contributed by atoms with van der Waals surface area (Å²) in [5, 5.41) is 0. The van der Waals surface area contributed by atoms with Crippen LogP contribution in [0.3, 0.4) is 0 Å². The highest BCUT2D eigenvalue weighted by atomic mass is 14.7. The quantitative estimate of drug-likeness (QED) is 0.731. The Morgan fingerprint density at radius 1 is 0.591 bits per heavy atom. The second-order valence-electron chi connectivity index (χ2n) is 9.02. The molecule has 0 saturated heterocycles. The Kier molecular flexibility index (Phi) is 6.76. The molecule has 2 nitrogen and oxygen atoms in total. The third-order valence-electron chi connectivity index (χ3n) is 6.92. The zero-order valence-electron chi connectivity index (χ0n) is 15.4. The molecule has 4 N–H and O–H groups in total. The molecular weight excluding hydrogens is 268 g/mol. The second-order valence-corrected chi connectivity index (χ2v) is 9.02. The lowest BCUT2D eigenvalue weighted by Gasteiger charge is -2.38. The fourth-order valence-electron chi connectivity index (χ4n) is 5.38. The predicted molar refractivity (Wildman–Crippen MR) is 96.5 cm³/mol. The van der Waals surface area contributed by atoms with E-state index in [0.29, 0.717) is 12.1 Å². The number of hydrogen-bond donors (Lipinski definition) is 2. The molecule has 2 heteroatoms. The monoisotopic (exact) mass is 308 g/mol. The fraction of sp³-hybridized carbons (Fsp3) is 1.00. The van der Waals surface area contributed by atoms with E-state index in [1.807, 2.05) is 0 Å². The van der Waals surface area contributed by atoms with Crippen LogP contribution < -0.4 is 11.5 Å². The zero-order chi connectivity index (χ0) is 16.3. The molecule has 0 aliphatic heterocycles. The topological polar surface area (TPSA) is 52.0 Å². The highest BCUT2D eigenvalue weighted by molar-refractivity contribution is 4.86. The summed E-state index contributed by atoms with van der Waals surface area (Å²) < 4.78 is 0. The first kappa shape index (κ1) is 18.3. The molecule has 0 radical (unpaired) electrons. The van der Waals surface area contributed by atoms with Gasteiger partial charge in [0, 0.05) is 12.1 Å². The molecule has 4 unspecified atom stereocenters. The van der Waals surface area contributed by atoms with Crippen LogP contribution in [0.5, 0.6) is 0 Å². The van der Waals surface area contributed by atoms with Crippen molar-refractivity contribution < 1.29 is 0 Å². The first-order valence-electron chi connectivity index (χ1n) is 9.89. The number of hydrogen-bond acceptors (Lipinski definition) is 2. The molecule has 4 atom stereocenters. The maximum atomic E-state index is 6.26. The maximum Gasteiger partial charge on any atom is 0.00905 e. The van der Waals surface area contributed by atoms with Crippen molar-refractivity contribution in [1.82, 2.24) is 0 Å². The van der Waals surface area contributed by atoms with E-state index in [4.69, 9.17) is 11.5 Å². The van der Waals surface area contributed by atoms with Gasteiger partial charge in [-0.2, -0.15) is 0 Å². The number of rotatable bonds is 5. The summed E-state index contributed by atoms with van der Waals surface area (Å²) in [5.74, 6) is 4.74. The van der Waals surface area contributed by atoms with Crippen molar-refractivity contribution in [3.8, 4) is 0 Å². The Morgan fingerprint density at radius 3 is 1.14 bits per heavy atom. The van der Waals surface area contributed by atoms with Crippen molar-refractivity contribution in [1.29, 1.82) is 0 Å². The number of nitrogens with two attached hydrogens (primary N) is 2. The fourth-order valence-corrected chi connectivity index (χ4v) is 5.38. The van der Waals surface area contributed by atoms with E-state index < -0.39 is 0 Å². The minimum Gasteiger partial charge on any atom is -0.327 e. The summed E-state index contributed by atoms with van der Waals surface area (Å²) in [6, 6.07) is 0.872. The first-order chi connectivity index (χ1) is 10.4. The van der Waals surface area contributed by atoms with Crippen LogP contribution in [0, 0.1) is 35.5 Å². The third kappa shape index (κ3) is 4.71. The van der Waals surface area contributed by atoms with Gasteiger partial charge in [-0.05, 0) is 61.2 Å². The molecule has 2 aliphatic rings. The van der Waals surface area contributed by atoms with E-state index in [2.05, 4.69) is 27.7 Å². The van der Waals surface area contributed by atoms with Gasteiger partial charge in [-0.15, -0.1) is 0 Å². The zero-order valence-corrected chi connectivity index (χ0v) is 15.4. The van der Waals surface area contributed by atoms with Crippen molar-refractivity contribution in [2.45, 2.75) is 91.1 Å². The third-order valence-corrected chi connectivity index (χ3v) is 6.92. The summed E-state index contributed by atoms with van der Waals surface area (Å²) in [4.78, 5) is 0. The van der Waals surface area contributed by atoms with Gasteiger partial charge in [0.2, 0.25) is 0 Å². The maximum absolute atomic E-state index is 6.26. The highest BCUT2D eigenvalue weighted by Gasteiger charge is 2.31. The van der Waals surface area contributed by atoms with Crippen LogP contribution in [0.15, 0.2) is 0 Å². The molecular formula is C20H40N2. The van der Waals surface area contributed by atoms with E-state index in [9.17, 15) is 0 Å². The molecule has 0 aromatic heterocycles. The van der Waals surface area contributed by atoms with Crippen LogP contribution in [0.4, 0.5) is 0 Å². The molecule has 2 rings (SSSR count). The average Bonchev–Trinajstić information content (AvgIpc) is 2.46. The Bertz CT molecular complexity index is 274. The molecule has 0 spiro atoms. The van der Waals surface area contributed by atoms with Crippen molar-refractivity contribution in [3.63, 3.8) is 0 Å². The van der Waals surface area contributed by atoms with Gasteiger partial charge < -0.3 is 11.5 Å². The molecule has 2 saturated carbocycles. The van der Waals surface area contributed by atoms with Crippen LogP contribution in [0.25, 0.3) is 0 Å². The molecule has 22 heavy (non-hydrogen) atoms. The largest absolute Gasteiger partial charge is 0.327 e. The Morgan fingerprint density at radius 2 is 0.864 bits per heavy atom.